The van der Waals surface area contributed by atoms with Crippen LogP contribution in [0.2, 0.25) is 10.0 Å². The van der Waals surface area contributed by atoms with Gasteiger partial charge in [-0.25, -0.2) is 8.42 Å². The first kappa shape index (κ1) is 29.1. The summed E-state index contributed by atoms with van der Waals surface area (Å²) in [5, 5.41) is 2.81. The number of sulfonamides is 1. The highest BCUT2D eigenvalue weighted by Gasteiger charge is 2.34. The molecule has 0 unspecified atom stereocenters. The van der Waals surface area contributed by atoms with E-state index in [9.17, 15) is 26.4 Å². The van der Waals surface area contributed by atoms with Crippen molar-refractivity contribution in [1.82, 2.24) is 0 Å². The molecule has 208 valence electrons. The van der Waals surface area contributed by atoms with Crippen molar-refractivity contribution in [2.45, 2.75) is 11.1 Å². The van der Waals surface area contributed by atoms with Crippen LogP contribution in [-0.4, -0.2) is 21.4 Å². The molecule has 4 rings (SSSR count). The van der Waals surface area contributed by atoms with Gasteiger partial charge < -0.3 is 14.8 Å². The number of hydrogen-bond donors (Lipinski definition) is 2. The van der Waals surface area contributed by atoms with Gasteiger partial charge in [-0.3, -0.25) is 9.52 Å². The van der Waals surface area contributed by atoms with Crippen molar-refractivity contribution >= 4 is 50.5 Å². The topological polar surface area (TPSA) is 93.7 Å². The Morgan fingerprint density at radius 1 is 0.875 bits per heavy atom. The predicted molar refractivity (Wildman–Crippen MR) is 146 cm³/mol. The number of benzene rings is 4. The molecule has 2 N–H and O–H groups in total. The summed E-state index contributed by atoms with van der Waals surface area (Å²) >= 11 is 12.1. The molecule has 0 aliphatic rings. The monoisotopic (exact) mass is 610 g/mol. The van der Waals surface area contributed by atoms with Crippen molar-refractivity contribution < 1.29 is 35.9 Å². The van der Waals surface area contributed by atoms with Gasteiger partial charge in [-0.15, -0.1) is 0 Å². The zero-order valence-electron chi connectivity index (χ0n) is 20.4. The lowest BCUT2D eigenvalue weighted by Gasteiger charge is -2.16. The van der Waals surface area contributed by atoms with Crippen LogP contribution in [0.5, 0.6) is 17.2 Å². The number of halogens is 5. The van der Waals surface area contributed by atoms with E-state index in [-0.39, 0.29) is 26.9 Å². The van der Waals surface area contributed by atoms with Gasteiger partial charge in [0.05, 0.1) is 33.8 Å². The van der Waals surface area contributed by atoms with Gasteiger partial charge in [0.2, 0.25) is 0 Å². The van der Waals surface area contributed by atoms with E-state index in [1.165, 1.54) is 48.5 Å². The van der Waals surface area contributed by atoms with Crippen LogP contribution >= 0.6 is 23.2 Å². The van der Waals surface area contributed by atoms with Gasteiger partial charge in [0.15, 0.2) is 0 Å². The maximum Gasteiger partial charge on any atom is 0.420 e. The quantitative estimate of drug-likeness (QED) is 0.212. The molecule has 0 aliphatic heterocycles. The number of hydrogen-bond acceptors (Lipinski definition) is 5. The van der Waals surface area contributed by atoms with Gasteiger partial charge in [0.1, 0.15) is 17.2 Å². The number of carbonyl (C=O) groups is 1. The highest BCUT2D eigenvalue weighted by molar-refractivity contribution is 7.92. The number of ether oxygens (including phenoxy) is 2. The Morgan fingerprint density at radius 2 is 1.57 bits per heavy atom. The average Bonchev–Trinajstić information content (AvgIpc) is 2.90. The summed E-state index contributed by atoms with van der Waals surface area (Å²) in [4.78, 5) is 12.9. The number of para-hydroxylation sites is 1. The fraction of sp³-hybridized carbons (Fsp3) is 0.0741. The summed E-state index contributed by atoms with van der Waals surface area (Å²) in [5.41, 5.74) is -1.66. The van der Waals surface area contributed by atoms with Crippen molar-refractivity contribution in [3.63, 3.8) is 0 Å². The van der Waals surface area contributed by atoms with Gasteiger partial charge in [0, 0.05) is 10.7 Å². The predicted octanol–water partition coefficient (Wildman–Crippen LogP) is 7.87. The fourth-order valence-electron chi connectivity index (χ4n) is 3.54. The van der Waals surface area contributed by atoms with E-state index in [0.717, 1.165) is 13.2 Å². The minimum Gasteiger partial charge on any atom is -0.496 e. The van der Waals surface area contributed by atoms with Crippen molar-refractivity contribution in [3.8, 4) is 17.2 Å². The Morgan fingerprint density at radius 3 is 2.23 bits per heavy atom. The third-order valence-corrected chi connectivity index (χ3v) is 7.36. The molecule has 4 aromatic rings. The standard InChI is InChI=1S/C27H19Cl2F3N2O5S/c1-38-24-13-7-17(15-21(24)27(30,31)32)33-26(35)20-14-16(28)6-12-23(20)34-40(36,37)19-10-8-18(9-11-19)39-25-5-3-2-4-22(25)29/h2-15,34H,1H3,(H,33,35). The second kappa shape index (κ2) is 11.7. The van der Waals surface area contributed by atoms with Crippen LogP contribution in [0.3, 0.4) is 0 Å². The van der Waals surface area contributed by atoms with Gasteiger partial charge in [-0.1, -0.05) is 35.3 Å². The van der Waals surface area contributed by atoms with Crippen LogP contribution in [0.1, 0.15) is 15.9 Å². The summed E-state index contributed by atoms with van der Waals surface area (Å²) in [6, 6.07) is 19.0. The molecule has 0 bridgehead atoms. The lowest BCUT2D eigenvalue weighted by molar-refractivity contribution is -0.138. The van der Waals surface area contributed by atoms with Crippen molar-refractivity contribution in [2.24, 2.45) is 0 Å². The molecule has 0 radical (unpaired) electrons. The molecule has 13 heteroatoms. The number of alkyl halides is 3. The zero-order valence-corrected chi connectivity index (χ0v) is 22.8. The highest BCUT2D eigenvalue weighted by Crippen LogP contribution is 2.38. The molecule has 4 aromatic carbocycles. The first-order chi connectivity index (χ1) is 18.9. The highest BCUT2D eigenvalue weighted by atomic mass is 35.5. The summed E-state index contributed by atoms with van der Waals surface area (Å²) in [6.07, 6.45) is -4.74. The maximum atomic E-state index is 13.4. The van der Waals surface area contributed by atoms with Crippen LogP contribution in [0.15, 0.2) is 89.8 Å². The largest absolute Gasteiger partial charge is 0.496 e. The van der Waals surface area contributed by atoms with E-state index >= 15 is 0 Å². The third-order valence-electron chi connectivity index (χ3n) is 5.43. The molecule has 0 spiro atoms. The molecule has 1 amide bonds. The molecule has 0 saturated carbocycles. The van der Waals surface area contributed by atoms with Crippen LogP contribution in [-0.2, 0) is 16.2 Å². The number of nitrogens with one attached hydrogen (secondary N) is 2. The third kappa shape index (κ3) is 6.79. The number of methoxy groups -OCH3 is 1. The lowest BCUT2D eigenvalue weighted by atomic mass is 10.1. The van der Waals surface area contributed by atoms with E-state index in [2.05, 4.69) is 10.0 Å². The summed E-state index contributed by atoms with van der Waals surface area (Å²) in [7, 11) is -3.12. The number of rotatable bonds is 8. The number of amides is 1. The van der Waals surface area contributed by atoms with E-state index in [0.29, 0.717) is 22.6 Å². The Labute approximate surface area is 237 Å². The van der Waals surface area contributed by atoms with E-state index in [4.69, 9.17) is 32.7 Å². The van der Waals surface area contributed by atoms with Crippen molar-refractivity contribution in [1.29, 1.82) is 0 Å². The SMILES string of the molecule is COc1ccc(NC(=O)c2cc(Cl)ccc2NS(=O)(=O)c2ccc(Oc3ccccc3Cl)cc2)cc1C(F)(F)F. The van der Waals surface area contributed by atoms with Crippen molar-refractivity contribution in [3.05, 3.63) is 106 Å². The second-order valence-corrected chi connectivity index (χ2v) is 10.7. The Bertz CT molecular complexity index is 1660. The van der Waals surface area contributed by atoms with Gasteiger partial charge >= 0.3 is 6.18 Å². The van der Waals surface area contributed by atoms with Crippen LogP contribution < -0.4 is 19.5 Å². The first-order valence-electron chi connectivity index (χ1n) is 11.3. The van der Waals surface area contributed by atoms with Crippen molar-refractivity contribution in [2.75, 3.05) is 17.1 Å². The molecule has 0 aliphatic carbocycles. The van der Waals surface area contributed by atoms with E-state index in [1.54, 1.807) is 24.3 Å². The molecule has 0 fully saturated rings. The molecule has 0 heterocycles. The molecular weight excluding hydrogens is 592 g/mol. The summed E-state index contributed by atoms with van der Waals surface area (Å²) in [6.45, 7) is 0. The minimum absolute atomic E-state index is 0.0971. The van der Waals surface area contributed by atoms with Crippen LogP contribution in [0, 0.1) is 0 Å². The average molecular weight is 611 g/mol. The molecular formula is C27H19Cl2F3N2O5S. The van der Waals surface area contributed by atoms with Gasteiger partial charge in [-0.05, 0) is 72.8 Å². The Kier molecular flexibility index (Phi) is 8.48. The smallest absolute Gasteiger partial charge is 0.420 e. The Balaban J connectivity index is 1.57. The van der Waals surface area contributed by atoms with Crippen LogP contribution in [0.4, 0.5) is 24.5 Å². The Hall–Kier alpha value is -3.93. The fourth-order valence-corrected chi connectivity index (χ4v) is 4.97. The second-order valence-electron chi connectivity index (χ2n) is 8.17. The summed E-state index contributed by atoms with van der Waals surface area (Å²) in [5.74, 6) is -0.614. The first-order valence-corrected chi connectivity index (χ1v) is 13.5. The molecule has 0 atom stereocenters. The minimum atomic E-state index is -4.74. The zero-order chi connectivity index (χ0) is 29.1. The molecule has 40 heavy (non-hydrogen) atoms. The lowest BCUT2D eigenvalue weighted by Crippen LogP contribution is -2.19. The normalized spacial score (nSPS) is 11.6. The number of carbonyl (C=O) groups excluding carboxylic acids is 1. The van der Waals surface area contributed by atoms with E-state index < -0.39 is 33.4 Å². The molecule has 7 nitrogen and oxygen atoms in total. The van der Waals surface area contributed by atoms with Crippen LogP contribution in [0.25, 0.3) is 0 Å². The maximum absolute atomic E-state index is 13.4. The van der Waals surface area contributed by atoms with Gasteiger partial charge in [-0.2, -0.15) is 13.2 Å². The van der Waals surface area contributed by atoms with Gasteiger partial charge in [0.25, 0.3) is 15.9 Å². The molecule has 0 aromatic heterocycles. The molecule has 0 saturated heterocycles. The number of anilines is 2. The van der Waals surface area contributed by atoms with E-state index in [1.807, 2.05) is 0 Å². The summed E-state index contributed by atoms with van der Waals surface area (Å²) < 4.78 is 79.1.